The van der Waals surface area contributed by atoms with Gasteiger partial charge in [0.25, 0.3) is 15.9 Å². The molecule has 1 saturated heterocycles. The van der Waals surface area contributed by atoms with E-state index in [9.17, 15) is 17.6 Å². The minimum atomic E-state index is -3.70. The molecule has 2 heterocycles. The van der Waals surface area contributed by atoms with Gasteiger partial charge in [-0.05, 0) is 36.4 Å². The van der Waals surface area contributed by atoms with Gasteiger partial charge in [-0.3, -0.25) is 9.52 Å². The van der Waals surface area contributed by atoms with E-state index >= 15 is 0 Å². The van der Waals surface area contributed by atoms with Crippen molar-refractivity contribution in [3.05, 3.63) is 64.9 Å². The molecule has 172 valence electrons. The molecule has 0 atom stereocenters. The number of benzene rings is 2. The maximum absolute atomic E-state index is 13.4. The lowest BCUT2D eigenvalue weighted by molar-refractivity contribution is -0.124. The fourth-order valence-electron chi connectivity index (χ4n) is 3.05. The van der Waals surface area contributed by atoms with E-state index < -0.39 is 15.8 Å². The number of amides is 1. The Morgan fingerprint density at radius 1 is 1.28 bits per heavy atom. The summed E-state index contributed by atoms with van der Waals surface area (Å²) in [6, 6.07) is 10.4. The number of nitrogens with zero attached hydrogens (tertiary/aromatic N) is 2. The maximum Gasteiger partial charge on any atom is 0.263 e. The molecule has 0 radical (unpaired) electrons. The Hall–Kier alpha value is -2.89. The predicted octanol–water partition coefficient (Wildman–Crippen LogP) is 3.61. The predicted molar refractivity (Wildman–Crippen MR) is 125 cm³/mol. The van der Waals surface area contributed by atoms with Crippen molar-refractivity contribution in [2.24, 2.45) is 0 Å². The fraction of sp³-hybridized carbons (Fsp3) is 0.200. The number of hydrogen-bond donors (Lipinski definition) is 2. The van der Waals surface area contributed by atoms with Crippen molar-refractivity contribution in [1.82, 2.24) is 10.3 Å². The summed E-state index contributed by atoms with van der Waals surface area (Å²) in [6.45, 7) is 0.909. The zero-order chi connectivity index (χ0) is 22.7. The third-order valence-corrected chi connectivity index (χ3v) is 7.15. The highest BCUT2D eigenvalue weighted by Gasteiger charge is 2.28. The van der Waals surface area contributed by atoms with E-state index in [1.165, 1.54) is 41.8 Å². The summed E-state index contributed by atoms with van der Waals surface area (Å²) in [5.74, 6) is -0.714. The molecule has 1 fully saturated rings. The Morgan fingerprint density at radius 2 is 2.03 bits per heavy atom. The monoisotopic (exact) mass is 500 g/mol. The van der Waals surface area contributed by atoms with Crippen LogP contribution in [0, 0.1) is 5.82 Å². The average Bonchev–Trinajstić information content (AvgIpc) is 3.23. The summed E-state index contributed by atoms with van der Waals surface area (Å²) in [4.78, 5) is 18.1. The molecule has 32 heavy (non-hydrogen) atoms. The molecule has 1 amide bonds. The van der Waals surface area contributed by atoms with Gasteiger partial charge in [0, 0.05) is 39.3 Å². The Balaban J connectivity index is 0.00000204. The summed E-state index contributed by atoms with van der Waals surface area (Å²) < 4.78 is 45.9. The van der Waals surface area contributed by atoms with Crippen LogP contribution < -0.4 is 19.7 Å². The van der Waals surface area contributed by atoms with Crippen LogP contribution in [0.25, 0.3) is 0 Å². The summed E-state index contributed by atoms with van der Waals surface area (Å²) in [6.07, 6.45) is 1.52. The van der Waals surface area contributed by atoms with E-state index in [0.717, 1.165) is 11.8 Å². The van der Waals surface area contributed by atoms with Gasteiger partial charge in [-0.15, -0.1) is 11.3 Å². The van der Waals surface area contributed by atoms with Gasteiger partial charge in [-0.2, -0.15) is 0 Å². The van der Waals surface area contributed by atoms with E-state index in [2.05, 4.69) is 15.0 Å². The summed E-state index contributed by atoms with van der Waals surface area (Å²) in [7, 11) is -3.70. The van der Waals surface area contributed by atoms with Gasteiger partial charge in [0.2, 0.25) is 0 Å². The molecule has 0 unspecified atom stereocenters. The molecule has 0 spiro atoms. The zero-order valence-corrected chi connectivity index (χ0v) is 18.9. The highest BCUT2D eigenvalue weighted by molar-refractivity contribution is 7.93. The molecule has 0 bridgehead atoms. The largest absolute Gasteiger partial charge is 0.484 e. The standard InChI is InChI=1S/C20H18ClFN4O4S2.2H2/c21-17-6-3-15(9-18(17)22)30-12-19(27)24-13-10-26(11-13)14-1-4-16(5-2-14)32(28,29)25-20-23-7-8-31-20;;/h1-9,13H,10-12H2,(H,23,25)(H,24,27);2*1H. The molecule has 8 nitrogen and oxygen atoms in total. The second kappa shape index (κ2) is 9.31. The first-order chi connectivity index (χ1) is 15.3. The second-order valence-corrected chi connectivity index (χ2v) is 9.95. The van der Waals surface area contributed by atoms with Crippen molar-refractivity contribution >= 4 is 49.7 Å². The Morgan fingerprint density at radius 3 is 2.69 bits per heavy atom. The Bertz CT molecular complexity index is 1210. The van der Waals surface area contributed by atoms with Crippen LogP contribution in [0.4, 0.5) is 15.2 Å². The van der Waals surface area contributed by atoms with Crippen molar-refractivity contribution in [3.63, 3.8) is 0 Å². The minimum Gasteiger partial charge on any atom is -0.484 e. The van der Waals surface area contributed by atoms with Crippen molar-refractivity contribution in [1.29, 1.82) is 0 Å². The van der Waals surface area contributed by atoms with Crippen LogP contribution in [0.1, 0.15) is 2.85 Å². The number of carbonyl (C=O) groups is 1. The smallest absolute Gasteiger partial charge is 0.263 e. The highest BCUT2D eigenvalue weighted by atomic mass is 35.5. The van der Waals surface area contributed by atoms with Crippen LogP contribution in [0.2, 0.25) is 5.02 Å². The van der Waals surface area contributed by atoms with Crippen LogP contribution in [-0.4, -0.2) is 45.0 Å². The van der Waals surface area contributed by atoms with E-state index in [0.29, 0.717) is 18.2 Å². The zero-order valence-electron chi connectivity index (χ0n) is 16.5. The number of ether oxygens (including phenoxy) is 1. The molecule has 1 aliphatic rings. The van der Waals surface area contributed by atoms with E-state index in [1.54, 1.807) is 17.5 Å². The number of nitrogens with one attached hydrogen (secondary N) is 2. The van der Waals surface area contributed by atoms with Gasteiger partial charge in [-0.25, -0.2) is 17.8 Å². The average molecular weight is 501 g/mol. The molecular formula is C20H22ClFN4O4S2. The van der Waals surface area contributed by atoms with Crippen LogP contribution in [0.3, 0.4) is 0 Å². The van der Waals surface area contributed by atoms with Gasteiger partial charge in [0.1, 0.15) is 11.6 Å². The number of halogens is 2. The normalized spacial score (nSPS) is 14.0. The van der Waals surface area contributed by atoms with Crippen LogP contribution >= 0.6 is 22.9 Å². The van der Waals surface area contributed by atoms with Crippen molar-refractivity contribution in [2.45, 2.75) is 10.9 Å². The van der Waals surface area contributed by atoms with Crippen LogP contribution in [0.5, 0.6) is 5.75 Å². The quantitative estimate of drug-likeness (QED) is 0.490. The van der Waals surface area contributed by atoms with Crippen LogP contribution in [-0.2, 0) is 14.8 Å². The molecule has 0 saturated carbocycles. The topological polar surface area (TPSA) is 101 Å². The first-order valence-electron chi connectivity index (χ1n) is 9.45. The number of anilines is 2. The lowest BCUT2D eigenvalue weighted by Gasteiger charge is -2.41. The third kappa shape index (κ3) is 5.29. The van der Waals surface area contributed by atoms with Gasteiger partial charge >= 0.3 is 0 Å². The Labute approximate surface area is 196 Å². The molecule has 1 aromatic heterocycles. The number of rotatable bonds is 8. The van der Waals surface area contributed by atoms with E-state index in [4.69, 9.17) is 16.3 Å². The lowest BCUT2D eigenvalue weighted by Crippen LogP contribution is -2.60. The second-order valence-electron chi connectivity index (χ2n) is 6.97. The molecule has 1 aliphatic heterocycles. The number of sulfonamides is 1. The minimum absolute atomic E-state index is 0. The Kier molecular flexibility index (Phi) is 6.49. The number of thiazole rings is 1. The summed E-state index contributed by atoms with van der Waals surface area (Å²) in [5, 5.41) is 4.81. The van der Waals surface area contributed by atoms with E-state index in [1.807, 2.05) is 4.90 Å². The number of aromatic nitrogens is 1. The third-order valence-electron chi connectivity index (χ3n) is 4.67. The first-order valence-corrected chi connectivity index (χ1v) is 12.2. The van der Waals surface area contributed by atoms with Gasteiger partial charge < -0.3 is 15.0 Å². The lowest BCUT2D eigenvalue weighted by atomic mass is 10.1. The molecular weight excluding hydrogens is 479 g/mol. The molecule has 0 aliphatic carbocycles. The van der Waals surface area contributed by atoms with Crippen molar-refractivity contribution < 1.29 is 25.2 Å². The molecule has 4 rings (SSSR count). The van der Waals surface area contributed by atoms with Gasteiger partial charge in [-0.1, -0.05) is 11.6 Å². The molecule has 12 heteroatoms. The van der Waals surface area contributed by atoms with Crippen LogP contribution in [0.15, 0.2) is 58.9 Å². The summed E-state index contributed by atoms with van der Waals surface area (Å²) in [5.41, 5.74) is 0.844. The SMILES string of the molecule is O=C(COc1ccc(Cl)c(F)c1)NC1CN(c2ccc(S(=O)(=O)Nc3nccs3)cc2)C1.[HH].[HH]. The van der Waals surface area contributed by atoms with Crippen molar-refractivity contribution in [2.75, 3.05) is 29.3 Å². The van der Waals surface area contributed by atoms with Gasteiger partial charge in [0.15, 0.2) is 11.7 Å². The molecule has 2 aromatic carbocycles. The summed E-state index contributed by atoms with van der Waals surface area (Å²) >= 11 is 6.81. The number of hydrogen-bond acceptors (Lipinski definition) is 7. The van der Waals surface area contributed by atoms with Gasteiger partial charge in [0.05, 0.1) is 16.0 Å². The van der Waals surface area contributed by atoms with Crippen molar-refractivity contribution in [3.8, 4) is 5.75 Å². The molecule has 3 aromatic rings. The first kappa shape index (κ1) is 22.3. The number of carbonyl (C=O) groups excluding carboxylic acids is 1. The highest BCUT2D eigenvalue weighted by Crippen LogP contribution is 2.24. The fourth-order valence-corrected chi connectivity index (χ4v) is 4.96. The van der Waals surface area contributed by atoms with E-state index in [-0.39, 0.29) is 37.1 Å². The maximum atomic E-state index is 13.4. The molecule has 2 N–H and O–H groups in total.